The van der Waals surface area contributed by atoms with Crippen LogP contribution in [0.4, 0.5) is 0 Å². The highest BCUT2D eigenvalue weighted by molar-refractivity contribution is 5.85. The fraction of sp³-hybridized carbons (Fsp3) is 0.350. The van der Waals surface area contributed by atoms with Gasteiger partial charge in [0.05, 0.1) is 6.42 Å². The van der Waals surface area contributed by atoms with E-state index in [0.29, 0.717) is 26.1 Å². The first kappa shape index (κ1) is 20.2. The molecule has 0 atom stereocenters. The summed E-state index contributed by atoms with van der Waals surface area (Å²) in [5.41, 5.74) is 10.3. The summed E-state index contributed by atoms with van der Waals surface area (Å²) >= 11 is 0. The first-order valence-corrected chi connectivity index (χ1v) is 8.18. The Hall–Kier alpha value is -1.84. The third-order valence-corrected chi connectivity index (χ3v) is 4.05. The number of nitrogens with zero attached hydrogens (tertiary/aromatic N) is 1. The maximum Gasteiger partial charge on any atom is 0.227 e. The monoisotopic (exact) mass is 346 g/mol. The molecule has 0 radical (unpaired) electrons. The van der Waals surface area contributed by atoms with Gasteiger partial charge in [-0.05, 0) is 43.5 Å². The first-order chi connectivity index (χ1) is 11.1. The second kappa shape index (κ2) is 10.1. The van der Waals surface area contributed by atoms with Gasteiger partial charge < -0.3 is 10.6 Å². The minimum absolute atomic E-state index is 0. The third-order valence-electron chi connectivity index (χ3n) is 4.05. The molecule has 130 valence electrons. The molecule has 0 heterocycles. The average molecular weight is 347 g/mol. The Morgan fingerprint density at radius 3 is 2.46 bits per heavy atom. The normalized spacial score (nSPS) is 10.1. The molecule has 0 fully saturated rings. The summed E-state index contributed by atoms with van der Waals surface area (Å²) in [5, 5.41) is 0. The van der Waals surface area contributed by atoms with Gasteiger partial charge in [0.2, 0.25) is 5.91 Å². The van der Waals surface area contributed by atoms with Crippen LogP contribution in [0.15, 0.2) is 48.5 Å². The van der Waals surface area contributed by atoms with Gasteiger partial charge in [0.1, 0.15) is 0 Å². The maximum absolute atomic E-state index is 12.8. The number of halogens is 1. The van der Waals surface area contributed by atoms with Gasteiger partial charge in [-0.3, -0.25) is 4.79 Å². The molecule has 0 bridgehead atoms. The van der Waals surface area contributed by atoms with Gasteiger partial charge in [0.25, 0.3) is 0 Å². The van der Waals surface area contributed by atoms with Gasteiger partial charge in [-0.25, -0.2) is 0 Å². The third kappa shape index (κ3) is 5.99. The van der Waals surface area contributed by atoms with E-state index in [-0.39, 0.29) is 18.3 Å². The van der Waals surface area contributed by atoms with E-state index in [0.717, 1.165) is 17.5 Å². The SMILES string of the molecule is Cc1ccc(C)c(CC(=O)N(CCCN)Cc2ccccc2)c1.Cl. The Morgan fingerprint density at radius 2 is 1.79 bits per heavy atom. The van der Waals surface area contributed by atoms with Crippen LogP contribution in [0.3, 0.4) is 0 Å². The molecule has 0 aliphatic rings. The molecule has 1 amide bonds. The van der Waals surface area contributed by atoms with Crippen molar-refractivity contribution in [3.8, 4) is 0 Å². The summed E-state index contributed by atoms with van der Waals surface area (Å²) in [6.07, 6.45) is 1.27. The Morgan fingerprint density at radius 1 is 1.08 bits per heavy atom. The van der Waals surface area contributed by atoms with Crippen LogP contribution >= 0.6 is 12.4 Å². The predicted molar refractivity (Wildman–Crippen MR) is 102 cm³/mol. The van der Waals surface area contributed by atoms with Crippen molar-refractivity contribution < 1.29 is 4.79 Å². The Kier molecular flexibility index (Phi) is 8.51. The van der Waals surface area contributed by atoms with Crippen molar-refractivity contribution in [2.75, 3.05) is 13.1 Å². The van der Waals surface area contributed by atoms with Crippen molar-refractivity contribution in [2.45, 2.75) is 33.2 Å². The molecule has 2 rings (SSSR count). The second-order valence-electron chi connectivity index (χ2n) is 6.05. The van der Waals surface area contributed by atoms with Gasteiger partial charge in [-0.15, -0.1) is 12.4 Å². The van der Waals surface area contributed by atoms with Gasteiger partial charge in [-0.2, -0.15) is 0 Å². The molecular formula is C20H27ClN2O. The summed E-state index contributed by atoms with van der Waals surface area (Å²) in [5.74, 6) is 0.163. The minimum Gasteiger partial charge on any atom is -0.338 e. The lowest BCUT2D eigenvalue weighted by Crippen LogP contribution is -2.33. The summed E-state index contributed by atoms with van der Waals surface area (Å²) in [4.78, 5) is 14.7. The van der Waals surface area contributed by atoms with Gasteiger partial charge in [0, 0.05) is 13.1 Å². The van der Waals surface area contributed by atoms with Crippen molar-refractivity contribution in [1.29, 1.82) is 0 Å². The fourth-order valence-electron chi connectivity index (χ4n) is 2.64. The Balaban J connectivity index is 0.00000288. The quantitative estimate of drug-likeness (QED) is 0.831. The zero-order valence-electron chi connectivity index (χ0n) is 14.5. The first-order valence-electron chi connectivity index (χ1n) is 8.18. The van der Waals surface area contributed by atoms with E-state index in [1.54, 1.807) is 0 Å². The topological polar surface area (TPSA) is 46.3 Å². The van der Waals surface area contributed by atoms with E-state index >= 15 is 0 Å². The number of nitrogens with two attached hydrogens (primary N) is 1. The maximum atomic E-state index is 12.8. The molecule has 2 aromatic carbocycles. The van der Waals surface area contributed by atoms with E-state index in [1.165, 1.54) is 11.1 Å². The highest BCUT2D eigenvalue weighted by Gasteiger charge is 2.15. The number of rotatable bonds is 7. The molecule has 0 spiro atoms. The molecule has 0 unspecified atom stereocenters. The lowest BCUT2D eigenvalue weighted by atomic mass is 10.0. The summed E-state index contributed by atoms with van der Waals surface area (Å²) in [7, 11) is 0. The Bertz CT molecular complexity index is 643. The molecule has 2 N–H and O–H groups in total. The zero-order valence-corrected chi connectivity index (χ0v) is 15.3. The van der Waals surface area contributed by atoms with Crippen molar-refractivity contribution >= 4 is 18.3 Å². The average Bonchev–Trinajstić information content (AvgIpc) is 2.55. The van der Waals surface area contributed by atoms with Crippen LogP contribution in [-0.4, -0.2) is 23.9 Å². The van der Waals surface area contributed by atoms with E-state index in [9.17, 15) is 4.79 Å². The van der Waals surface area contributed by atoms with Crippen molar-refractivity contribution in [1.82, 2.24) is 4.90 Å². The van der Waals surface area contributed by atoms with Crippen molar-refractivity contribution in [2.24, 2.45) is 5.73 Å². The number of aryl methyl sites for hydroxylation is 2. The van der Waals surface area contributed by atoms with E-state index in [4.69, 9.17) is 5.73 Å². The summed E-state index contributed by atoms with van der Waals surface area (Å²) in [6, 6.07) is 16.4. The number of amides is 1. The van der Waals surface area contributed by atoms with Gasteiger partial charge >= 0.3 is 0 Å². The molecule has 2 aromatic rings. The van der Waals surface area contributed by atoms with E-state index in [2.05, 4.69) is 44.2 Å². The van der Waals surface area contributed by atoms with Crippen LogP contribution in [-0.2, 0) is 17.8 Å². The smallest absolute Gasteiger partial charge is 0.227 e. The van der Waals surface area contributed by atoms with Gasteiger partial charge in [0.15, 0.2) is 0 Å². The molecule has 4 heteroatoms. The standard InChI is InChI=1S/C20H26N2O.ClH/c1-16-9-10-17(2)19(13-16)14-20(23)22(12-6-11-21)15-18-7-4-3-5-8-18;/h3-5,7-10,13H,6,11-12,14-15,21H2,1-2H3;1H. The zero-order chi connectivity index (χ0) is 16.7. The predicted octanol–water partition coefficient (Wildman–Crippen LogP) is 3.65. The molecule has 24 heavy (non-hydrogen) atoms. The largest absolute Gasteiger partial charge is 0.338 e. The number of benzene rings is 2. The number of hydrogen-bond acceptors (Lipinski definition) is 2. The summed E-state index contributed by atoms with van der Waals surface area (Å²) in [6.45, 7) is 6.06. The van der Waals surface area contributed by atoms with E-state index in [1.807, 2.05) is 23.1 Å². The molecule has 0 aliphatic carbocycles. The highest BCUT2D eigenvalue weighted by atomic mass is 35.5. The van der Waals surface area contributed by atoms with Crippen LogP contribution in [0, 0.1) is 13.8 Å². The van der Waals surface area contributed by atoms with E-state index < -0.39 is 0 Å². The molecule has 0 aromatic heterocycles. The van der Waals surface area contributed by atoms with Crippen LogP contribution < -0.4 is 5.73 Å². The molecule has 0 aliphatic heterocycles. The molecular weight excluding hydrogens is 320 g/mol. The fourth-order valence-corrected chi connectivity index (χ4v) is 2.64. The molecule has 3 nitrogen and oxygen atoms in total. The number of carbonyl (C=O) groups is 1. The summed E-state index contributed by atoms with van der Waals surface area (Å²) < 4.78 is 0. The van der Waals surface area contributed by atoms with Crippen LogP contribution in [0.25, 0.3) is 0 Å². The Labute approximate surface area is 151 Å². The molecule has 0 saturated heterocycles. The molecule has 0 saturated carbocycles. The lowest BCUT2D eigenvalue weighted by molar-refractivity contribution is -0.131. The van der Waals surface area contributed by atoms with Crippen LogP contribution in [0.2, 0.25) is 0 Å². The lowest BCUT2D eigenvalue weighted by Gasteiger charge is -2.23. The number of hydrogen-bond donors (Lipinski definition) is 1. The van der Waals surface area contributed by atoms with Crippen molar-refractivity contribution in [3.05, 3.63) is 70.8 Å². The second-order valence-corrected chi connectivity index (χ2v) is 6.05. The van der Waals surface area contributed by atoms with Crippen LogP contribution in [0.1, 0.15) is 28.7 Å². The number of carbonyl (C=O) groups excluding carboxylic acids is 1. The van der Waals surface area contributed by atoms with Crippen LogP contribution in [0.5, 0.6) is 0 Å². The minimum atomic E-state index is 0. The van der Waals surface area contributed by atoms with Gasteiger partial charge in [-0.1, -0.05) is 54.1 Å². The van der Waals surface area contributed by atoms with Crippen molar-refractivity contribution in [3.63, 3.8) is 0 Å². The highest BCUT2D eigenvalue weighted by Crippen LogP contribution is 2.14.